The van der Waals surface area contributed by atoms with Crippen molar-refractivity contribution in [3.63, 3.8) is 0 Å². The van der Waals surface area contributed by atoms with Crippen LogP contribution in [-0.2, 0) is 17.7 Å². The number of phenols is 1. The van der Waals surface area contributed by atoms with Gasteiger partial charge in [-0.2, -0.15) is 0 Å². The first-order valence-electron chi connectivity index (χ1n) is 9.44. The Morgan fingerprint density at radius 1 is 1.13 bits per heavy atom. The van der Waals surface area contributed by atoms with Crippen LogP contribution in [0.15, 0.2) is 59.4 Å². The number of aryl methyl sites for hydroxylation is 2. The van der Waals surface area contributed by atoms with E-state index in [-0.39, 0.29) is 58.6 Å². The molecule has 157 valence electrons. The Labute approximate surface area is 219 Å². The average molecular weight is 565 g/mol. The number of rotatable bonds is 6. The van der Waals surface area contributed by atoms with Crippen molar-refractivity contribution in [1.29, 1.82) is 0 Å². The standard InChI is InChI=1S/C24H22ClNO4.Pr/c1-16-15-20(25)21(12-11-18-5-3-4-6-22(18)27)26(23(16)28)14-13-17-7-9-19(10-8-17)24(29)30-2;/h3-12,15,27H,13-14H2,1-2H3;/b12-11+;. The minimum absolute atomic E-state index is 0. The molecule has 0 aliphatic carbocycles. The third-order valence-corrected chi connectivity index (χ3v) is 5.12. The van der Waals surface area contributed by atoms with Crippen molar-refractivity contribution in [2.24, 2.45) is 0 Å². The van der Waals surface area contributed by atoms with Gasteiger partial charge in [0.15, 0.2) is 0 Å². The van der Waals surface area contributed by atoms with E-state index in [4.69, 9.17) is 16.3 Å². The summed E-state index contributed by atoms with van der Waals surface area (Å²) in [5.41, 5.74) is 3.09. The predicted molar refractivity (Wildman–Crippen MR) is 119 cm³/mol. The number of ether oxygens (including phenoxy) is 1. The molecule has 3 rings (SSSR count). The molecule has 2 aromatic carbocycles. The molecular weight excluding hydrogens is 543 g/mol. The van der Waals surface area contributed by atoms with Crippen LogP contribution in [0.5, 0.6) is 5.75 Å². The van der Waals surface area contributed by atoms with Gasteiger partial charge >= 0.3 is 5.97 Å². The van der Waals surface area contributed by atoms with Gasteiger partial charge in [-0.3, -0.25) is 4.79 Å². The number of pyridine rings is 1. The Bertz CT molecular complexity index is 1150. The topological polar surface area (TPSA) is 68.5 Å². The zero-order chi connectivity index (χ0) is 21.7. The number of benzene rings is 2. The van der Waals surface area contributed by atoms with Crippen LogP contribution in [-0.4, -0.2) is 22.8 Å². The Morgan fingerprint density at radius 3 is 2.45 bits per heavy atom. The maximum absolute atomic E-state index is 12.8. The molecule has 0 spiro atoms. The van der Waals surface area contributed by atoms with Crippen molar-refractivity contribution in [2.45, 2.75) is 19.9 Å². The van der Waals surface area contributed by atoms with E-state index >= 15 is 0 Å². The number of nitrogens with zero attached hydrogens (tertiary/aromatic N) is 1. The molecule has 0 unspecified atom stereocenters. The Hall–Kier alpha value is -1.95. The van der Waals surface area contributed by atoms with Gasteiger partial charge in [0, 0.05) is 59.0 Å². The number of esters is 1. The molecule has 0 aliphatic rings. The number of methoxy groups -OCH3 is 1. The van der Waals surface area contributed by atoms with Crippen molar-refractivity contribution >= 4 is 29.7 Å². The molecule has 31 heavy (non-hydrogen) atoms. The van der Waals surface area contributed by atoms with Crippen molar-refractivity contribution in [1.82, 2.24) is 4.57 Å². The Morgan fingerprint density at radius 2 is 1.81 bits per heavy atom. The molecule has 0 aliphatic heterocycles. The van der Waals surface area contributed by atoms with E-state index in [1.807, 2.05) is 18.2 Å². The van der Waals surface area contributed by atoms with Gasteiger partial charge in [-0.15, -0.1) is 0 Å². The second kappa shape index (κ2) is 11.6. The van der Waals surface area contributed by atoms with Crippen LogP contribution in [0.2, 0.25) is 5.02 Å². The third-order valence-electron chi connectivity index (χ3n) is 4.82. The number of carbonyl (C=O) groups is 1. The van der Waals surface area contributed by atoms with E-state index in [2.05, 4.69) is 0 Å². The van der Waals surface area contributed by atoms with Gasteiger partial charge in [-0.25, -0.2) is 4.79 Å². The van der Waals surface area contributed by atoms with Gasteiger partial charge < -0.3 is 14.4 Å². The van der Waals surface area contributed by atoms with Gasteiger partial charge in [0.1, 0.15) is 5.75 Å². The van der Waals surface area contributed by atoms with E-state index in [0.717, 1.165) is 5.56 Å². The zero-order valence-electron chi connectivity index (χ0n) is 17.3. The normalized spacial score (nSPS) is 10.7. The predicted octanol–water partition coefficient (Wildman–Crippen LogP) is 4.72. The summed E-state index contributed by atoms with van der Waals surface area (Å²) in [6.07, 6.45) is 4.05. The summed E-state index contributed by atoms with van der Waals surface area (Å²) in [5.74, 6) is -0.239. The summed E-state index contributed by atoms with van der Waals surface area (Å²) in [6.45, 7) is 2.14. The van der Waals surface area contributed by atoms with Gasteiger partial charge in [0.05, 0.1) is 23.4 Å². The second-order valence-electron chi connectivity index (χ2n) is 6.85. The average Bonchev–Trinajstić information content (AvgIpc) is 2.75. The molecule has 0 fully saturated rings. The molecule has 0 saturated heterocycles. The molecule has 1 radical (unpaired) electrons. The summed E-state index contributed by atoms with van der Waals surface area (Å²) in [4.78, 5) is 24.4. The van der Waals surface area contributed by atoms with Crippen molar-refractivity contribution in [2.75, 3.05) is 7.11 Å². The zero-order valence-corrected chi connectivity index (χ0v) is 21.8. The van der Waals surface area contributed by atoms with Crippen LogP contribution in [0.4, 0.5) is 0 Å². The first-order valence-corrected chi connectivity index (χ1v) is 9.81. The maximum atomic E-state index is 12.8. The summed E-state index contributed by atoms with van der Waals surface area (Å²) in [7, 11) is 1.34. The number of para-hydroxylation sites is 1. The molecule has 5 nitrogen and oxygen atoms in total. The fourth-order valence-electron chi connectivity index (χ4n) is 3.13. The SMILES string of the molecule is COC(=O)c1ccc(CCn2c(/C=C/c3ccccc3O)c(Cl)cc(C)c2=O)cc1.[Pr]. The van der Waals surface area contributed by atoms with Crippen LogP contribution in [0.3, 0.4) is 0 Å². The van der Waals surface area contributed by atoms with Crippen LogP contribution in [0.25, 0.3) is 12.2 Å². The number of phenolic OH excluding ortho intramolecular Hbond substituents is 1. The van der Waals surface area contributed by atoms with Gasteiger partial charge in [0.25, 0.3) is 5.56 Å². The third kappa shape index (κ3) is 6.28. The van der Waals surface area contributed by atoms with Gasteiger partial charge in [-0.1, -0.05) is 41.9 Å². The van der Waals surface area contributed by atoms with Crippen molar-refractivity contribution in [3.8, 4) is 5.75 Å². The summed E-state index contributed by atoms with van der Waals surface area (Å²) in [5, 5.41) is 10.4. The number of aromatic hydroxyl groups is 1. The van der Waals surface area contributed by atoms with Gasteiger partial charge in [-0.05, 0) is 55.3 Å². The molecule has 1 N–H and O–H groups in total. The van der Waals surface area contributed by atoms with E-state index in [1.54, 1.807) is 60.0 Å². The van der Waals surface area contributed by atoms with Crippen LogP contribution >= 0.6 is 11.6 Å². The number of carbonyl (C=O) groups excluding carboxylic acids is 1. The number of hydrogen-bond donors (Lipinski definition) is 1. The number of hydrogen-bond acceptors (Lipinski definition) is 4. The molecule has 0 amide bonds. The summed E-state index contributed by atoms with van der Waals surface area (Å²) >= 11 is 6.44. The van der Waals surface area contributed by atoms with Crippen molar-refractivity contribution < 1.29 is 55.9 Å². The molecule has 0 saturated carbocycles. The van der Waals surface area contributed by atoms with E-state index in [1.165, 1.54) is 7.11 Å². The minimum Gasteiger partial charge on any atom is -0.507 e. The maximum Gasteiger partial charge on any atom is 0.337 e. The van der Waals surface area contributed by atoms with Gasteiger partial charge in [0.2, 0.25) is 0 Å². The summed E-state index contributed by atoms with van der Waals surface area (Å²) in [6, 6.07) is 15.7. The fraction of sp³-hybridized carbons (Fsp3) is 0.167. The fourth-order valence-corrected chi connectivity index (χ4v) is 3.46. The number of aromatic nitrogens is 1. The monoisotopic (exact) mass is 564 g/mol. The first-order chi connectivity index (χ1) is 14.4. The van der Waals surface area contributed by atoms with Crippen LogP contribution in [0.1, 0.15) is 32.7 Å². The molecule has 0 atom stereocenters. The molecule has 7 heteroatoms. The largest absolute Gasteiger partial charge is 0.507 e. The second-order valence-corrected chi connectivity index (χ2v) is 7.26. The van der Waals surface area contributed by atoms with Crippen LogP contribution < -0.4 is 5.56 Å². The quantitative estimate of drug-likeness (QED) is 0.440. The Kier molecular flexibility index (Phi) is 9.48. The van der Waals surface area contributed by atoms with E-state index in [0.29, 0.717) is 40.4 Å². The van der Waals surface area contributed by atoms with E-state index in [9.17, 15) is 14.7 Å². The Balaban J connectivity index is 0.00000341. The smallest absolute Gasteiger partial charge is 0.337 e. The van der Waals surface area contributed by atoms with E-state index < -0.39 is 0 Å². The first kappa shape index (κ1) is 25.3. The molecule has 1 aromatic heterocycles. The minimum atomic E-state index is -0.389. The van der Waals surface area contributed by atoms with Crippen LogP contribution in [0, 0.1) is 48.2 Å². The molecule has 3 aromatic rings. The number of halogens is 1. The molecule has 0 bridgehead atoms. The molecule has 1 heterocycles. The van der Waals surface area contributed by atoms with Crippen molar-refractivity contribution in [3.05, 3.63) is 97.9 Å². The summed E-state index contributed by atoms with van der Waals surface area (Å²) < 4.78 is 6.34. The molecular formula is C24H22ClNO4Pr.